The number of nitrogens with one attached hydrogen (secondary N) is 1. The summed E-state index contributed by atoms with van der Waals surface area (Å²) in [7, 11) is 3.32. The van der Waals surface area contributed by atoms with Crippen LogP contribution in [0.15, 0.2) is 72.1 Å². The molecule has 0 unspecified atom stereocenters. The molecular formula is C28H27N3O3S. The SMILES string of the molecule is COc1cc2c(cc1OC)CN(Cc1csc(NC(=O)c3ccc(-c4ccccc4)cc3)n1)CC2. The summed E-state index contributed by atoms with van der Waals surface area (Å²) < 4.78 is 10.9. The molecule has 35 heavy (non-hydrogen) atoms. The first-order valence-corrected chi connectivity index (χ1v) is 12.4. The van der Waals surface area contributed by atoms with Gasteiger partial charge in [0.15, 0.2) is 16.6 Å². The molecule has 6 nitrogen and oxygen atoms in total. The van der Waals surface area contributed by atoms with Crippen LogP contribution < -0.4 is 14.8 Å². The first kappa shape index (κ1) is 23.1. The normalized spacial score (nSPS) is 13.2. The Hall–Kier alpha value is -3.68. The summed E-state index contributed by atoms with van der Waals surface area (Å²) in [5.41, 5.74) is 6.31. The van der Waals surface area contributed by atoms with Crippen LogP contribution in [0, 0.1) is 0 Å². The van der Waals surface area contributed by atoms with Gasteiger partial charge in [0.05, 0.1) is 19.9 Å². The number of aromatic nitrogens is 1. The molecule has 0 atom stereocenters. The number of nitrogens with zero attached hydrogens (tertiary/aromatic N) is 2. The summed E-state index contributed by atoms with van der Waals surface area (Å²) in [4.78, 5) is 19.7. The third-order valence-corrected chi connectivity index (χ3v) is 7.02. The van der Waals surface area contributed by atoms with Gasteiger partial charge in [-0.25, -0.2) is 4.98 Å². The standard InChI is InChI=1S/C28H27N3O3S/c1-33-25-14-22-12-13-31(16-23(22)15-26(25)34-2)17-24-18-35-28(29-24)30-27(32)21-10-8-20(9-11-21)19-6-4-3-5-7-19/h3-11,14-15,18H,12-13,16-17H2,1-2H3,(H,29,30,32). The molecule has 0 saturated heterocycles. The van der Waals surface area contributed by atoms with Crippen molar-refractivity contribution in [3.63, 3.8) is 0 Å². The summed E-state index contributed by atoms with van der Waals surface area (Å²) >= 11 is 1.45. The van der Waals surface area contributed by atoms with Gasteiger partial charge in [-0.1, -0.05) is 42.5 Å². The molecule has 178 valence electrons. The highest BCUT2D eigenvalue weighted by atomic mass is 32.1. The van der Waals surface area contributed by atoms with Crippen molar-refractivity contribution in [2.45, 2.75) is 19.5 Å². The van der Waals surface area contributed by atoms with E-state index in [4.69, 9.17) is 9.47 Å². The van der Waals surface area contributed by atoms with Crippen LogP contribution in [-0.2, 0) is 19.5 Å². The summed E-state index contributed by atoms with van der Waals surface area (Å²) in [5, 5.41) is 5.56. The lowest BCUT2D eigenvalue weighted by Crippen LogP contribution is -2.30. The number of fused-ring (bicyclic) bond motifs is 1. The molecule has 1 N–H and O–H groups in total. The average Bonchev–Trinajstić information content (AvgIpc) is 3.34. The number of hydrogen-bond acceptors (Lipinski definition) is 6. The van der Waals surface area contributed by atoms with Crippen LogP contribution in [0.1, 0.15) is 27.2 Å². The fourth-order valence-corrected chi connectivity index (χ4v) is 5.05. The summed E-state index contributed by atoms with van der Waals surface area (Å²) in [6.07, 6.45) is 0.947. The van der Waals surface area contributed by atoms with Gasteiger partial charge in [-0.05, 0) is 52.9 Å². The minimum Gasteiger partial charge on any atom is -0.493 e. The lowest BCUT2D eigenvalue weighted by atomic mass is 9.98. The summed E-state index contributed by atoms with van der Waals surface area (Å²) in [5.74, 6) is 1.37. The topological polar surface area (TPSA) is 63.7 Å². The second-order valence-electron chi connectivity index (χ2n) is 8.48. The van der Waals surface area contributed by atoms with E-state index in [1.165, 1.54) is 22.5 Å². The highest BCUT2D eigenvalue weighted by Crippen LogP contribution is 2.33. The van der Waals surface area contributed by atoms with Crippen molar-refractivity contribution in [1.82, 2.24) is 9.88 Å². The summed E-state index contributed by atoms with van der Waals surface area (Å²) in [6, 6.07) is 21.9. The lowest BCUT2D eigenvalue weighted by Gasteiger charge is -2.29. The van der Waals surface area contributed by atoms with Crippen molar-refractivity contribution in [1.29, 1.82) is 0 Å². The van der Waals surface area contributed by atoms with Crippen LogP contribution in [-0.4, -0.2) is 36.6 Å². The Labute approximate surface area is 209 Å². The lowest BCUT2D eigenvalue weighted by molar-refractivity contribution is 0.102. The van der Waals surface area contributed by atoms with Gasteiger partial charge in [0, 0.05) is 30.6 Å². The Morgan fingerprint density at radius 2 is 1.66 bits per heavy atom. The van der Waals surface area contributed by atoms with Crippen molar-refractivity contribution in [3.05, 3.63) is 94.5 Å². The van der Waals surface area contributed by atoms with Crippen molar-refractivity contribution < 1.29 is 14.3 Å². The Bertz CT molecular complexity index is 1320. The largest absolute Gasteiger partial charge is 0.493 e. The van der Waals surface area contributed by atoms with E-state index in [1.54, 1.807) is 14.2 Å². The molecule has 0 fully saturated rings. The van der Waals surface area contributed by atoms with Crippen molar-refractivity contribution >= 4 is 22.4 Å². The Morgan fingerprint density at radius 3 is 2.37 bits per heavy atom. The minimum absolute atomic E-state index is 0.154. The molecule has 0 aliphatic carbocycles. The van der Waals surface area contributed by atoms with Crippen molar-refractivity contribution in [3.8, 4) is 22.6 Å². The maximum atomic E-state index is 12.7. The van der Waals surface area contributed by atoms with Crippen LogP contribution in [0.2, 0.25) is 0 Å². The van der Waals surface area contributed by atoms with E-state index in [0.717, 1.165) is 54.4 Å². The van der Waals surface area contributed by atoms with Crippen LogP contribution in [0.5, 0.6) is 11.5 Å². The highest BCUT2D eigenvalue weighted by molar-refractivity contribution is 7.14. The third kappa shape index (κ3) is 5.21. The van der Waals surface area contributed by atoms with Gasteiger partial charge in [0.2, 0.25) is 0 Å². The zero-order valence-electron chi connectivity index (χ0n) is 19.8. The molecule has 1 aliphatic heterocycles. The Morgan fingerprint density at radius 1 is 0.971 bits per heavy atom. The molecule has 3 aromatic carbocycles. The number of amides is 1. The molecule has 0 bridgehead atoms. The molecule has 1 aliphatic rings. The molecular weight excluding hydrogens is 458 g/mol. The van der Waals surface area contributed by atoms with E-state index in [0.29, 0.717) is 10.7 Å². The number of anilines is 1. The molecule has 0 spiro atoms. The number of rotatable bonds is 7. The number of methoxy groups -OCH3 is 2. The molecule has 1 amide bonds. The van der Waals surface area contributed by atoms with Gasteiger partial charge in [0.1, 0.15) is 0 Å². The fourth-order valence-electron chi connectivity index (χ4n) is 4.36. The van der Waals surface area contributed by atoms with E-state index in [-0.39, 0.29) is 5.91 Å². The number of benzene rings is 3. The van der Waals surface area contributed by atoms with Crippen LogP contribution in [0.25, 0.3) is 11.1 Å². The molecule has 2 heterocycles. The van der Waals surface area contributed by atoms with E-state index in [2.05, 4.69) is 39.5 Å². The van der Waals surface area contributed by atoms with Crippen LogP contribution >= 0.6 is 11.3 Å². The smallest absolute Gasteiger partial charge is 0.257 e. The third-order valence-electron chi connectivity index (χ3n) is 6.21. The molecule has 4 aromatic rings. The Kier molecular flexibility index (Phi) is 6.79. The predicted molar refractivity (Wildman–Crippen MR) is 139 cm³/mol. The zero-order valence-corrected chi connectivity index (χ0v) is 20.6. The summed E-state index contributed by atoms with van der Waals surface area (Å²) in [6.45, 7) is 2.49. The van der Waals surface area contributed by atoms with Crippen molar-refractivity contribution in [2.24, 2.45) is 0 Å². The van der Waals surface area contributed by atoms with Gasteiger partial charge < -0.3 is 9.47 Å². The van der Waals surface area contributed by atoms with E-state index < -0.39 is 0 Å². The minimum atomic E-state index is -0.154. The zero-order chi connectivity index (χ0) is 24.2. The molecule has 0 radical (unpaired) electrons. The van der Waals surface area contributed by atoms with E-state index in [9.17, 15) is 4.79 Å². The number of thiazole rings is 1. The molecule has 7 heteroatoms. The predicted octanol–water partition coefficient (Wildman–Crippen LogP) is 5.64. The Balaban J connectivity index is 1.20. The highest BCUT2D eigenvalue weighted by Gasteiger charge is 2.20. The quantitative estimate of drug-likeness (QED) is 0.367. The van der Waals surface area contributed by atoms with Crippen LogP contribution in [0.3, 0.4) is 0 Å². The monoisotopic (exact) mass is 485 g/mol. The van der Waals surface area contributed by atoms with Gasteiger partial charge in [-0.2, -0.15) is 0 Å². The molecule has 0 saturated carbocycles. The second kappa shape index (κ2) is 10.3. The van der Waals surface area contributed by atoms with Gasteiger partial charge >= 0.3 is 0 Å². The number of ether oxygens (including phenoxy) is 2. The number of carbonyl (C=O) groups is 1. The number of hydrogen-bond donors (Lipinski definition) is 1. The van der Waals surface area contributed by atoms with E-state index in [1.807, 2.05) is 47.8 Å². The molecule has 1 aromatic heterocycles. The maximum Gasteiger partial charge on any atom is 0.257 e. The van der Waals surface area contributed by atoms with Crippen molar-refractivity contribution in [2.75, 3.05) is 26.1 Å². The van der Waals surface area contributed by atoms with Gasteiger partial charge in [-0.3, -0.25) is 15.0 Å². The van der Waals surface area contributed by atoms with Gasteiger partial charge in [-0.15, -0.1) is 11.3 Å². The van der Waals surface area contributed by atoms with Gasteiger partial charge in [0.25, 0.3) is 5.91 Å². The molecule has 5 rings (SSSR count). The average molecular weight is 486 g/mol. The first-order chi connectivity index (χ1) is 17.1. The van der Waals surface area contributed by atoms with Crippen LogP contribution in [0.4, 0.5) is 5.13 Å². The fraction of sp³-hybridized carbons (Fsp3) is 0.214. The second-order valence-corrected chi connectivity index (χ2v) is 9.34. The van der Waals surface area contributed by atoms with E-state index >= 15 is 0 Å². The number of carbonyl (C=O) groups excluding carboxylic acids is 1. The first-order valence-electron chi connectivity index (χ1n) is 11.5. The maximum absolute atomic E-state index is 12.7.